The van der Waals surface area contributed by atoms with E-state index in [1.165, 1.54) is 12.1 Å². The van der Waals surface area contributed by atoms with Gasteiger partial charge in [0.25, 0.3) is 0 Å². The van der Waals surface area contributed by atoms with Crippen molar-refractivity contribution in [2.24, 2.45) is 0 Å². The van der Waals surface area contributed by atoms with Crippen molar-refractivity contribution in [3.8, 4) is 11.4 Å². The average Bonchev–Trinajstić information content (AvgIpc) is 2.32. The highest BCUT2D eigenvalue weighted by atomic mass is 16.4. The quantitative estimate of drug-likeness (QED) is 0.622. The molecule has 0 aliphatic rings. The van der Waals surface area contributed by atoms with Gasteiger partial charge < -0.3 is 10.1 Å². The second-order valence-corrected chi connectivity index (χ2v) is 3.21. The van der Waals surface area contributed by atoms with Crippen LogP contribution in [0.5, 0.6) is 0 Å². The van der Waals surface area contributed by atoms with Crippen LogP contribution in [-0.4, -0.2) is 26.3 Å². The normalized spacial score (nSPS) is 10.1. The van der Waals surface area contributed by atoms with Crippen molar-refractivity contribution in [1.29, 1.82) is 0 Å². The maximum Gasteiger partial charge on any atom is 0.336 e. The minimum atomic E-state index is -1.14. The molecule has 0 aliphatic heterocycles. The number of carboxylic acid groups (broad SMARTS) is 1. The monoisotopic (exact) mass is 233 g/mol. The van der Waals surface area contributed by atoms with Crippen molar-refractivity contribution < 1.29 is 9.90 Å². The maximum absolute atomic E-state index is 11.1. The van der Waals surface area contributed by atoms with Gasteiger partial charge in [-0.1, -0.05) is 18.2 Å². The van der Waals surface area contributed by atoms with Gasteiger partial charge >= 0.3 is 17.1 Å². The molecule has 3 N–H and O–H groups in total. The Morgan fingerprint density at radius 1 is 1.18 bits per heavy atom. The first-order valence-electron chi connectivity index (χ1n) is 4.61. The molecule has 0 unspecified atom stereocenters. The van der Waals surface area contributed by atoms with E-state index in [1.807, 2.05) is 5.10 Å². The Labute approximate surface area is 93.8 Å². The number of hydrogen-bond acceptors (Lipinski definition) is 4. The molecule has 0 aliphatic carbocycles. The number of aromatic carboxylic acids is 1. The van der Waals surface area contributed by atoms with Gasteiger partial charge in [-0.3, -0.25) is 9.59 Å². The van der Waals surface area contributed by atoms with Gasteiger partial charge in [-0.15, -0.1) is 0 Å². The van der Waals surface area contributed by atoms with E-state index < -0.39 is 17.1 Å². The van der Waals surface area contributed by atoms with Crippen LogP contribution in [0.15, 0.2) is 33.9 Å². The maximum atomic E-state index is 11.1. The summed E-state index contributed by atoms with van der Waals surface area (Å²) >= 11 is 0. The molecule has 0 bridgehead atoms. The molecule has 0 saturated carbocycles. The fourth-order valence-corrected chi connectivity index (χ4v) is 1.35. The molecule has 2 rings (SSSR count). The molecule has 1 heterocycles. The van der Waals surface area contributed by atoms with Crippen LogP contribution in [0.3, 0.4) is 0 Å². The summed E-state index contributed by atoms with van der Waals surface area (Å²) in [5.74, 6) is -1.14. The molecule has 0 fully saturated rings. The van der Waals surface area contributed by atoms with Crippen LogP contribution < -0.4 is 11.1 Å². The molecule has 86 valence electrons. The van der Waals surface area contributed by atoms with Gasteiger partial charge in [0.2, 0.25) is 0 Å². The molecule has 0 amide bonds. The van der Waals surface area contributed by atoms with E-state index in [-0.39, 0.29) is 17.0 Å². The summed E-state index contributed by atoms with van der Waals surface area (Å²) < 4.78 is 0. The Morgan fingerprint density at radius 3 is 2.53 bits per heavy atom. The highest BCUT2D eigenvalue weighted by Crippen LogP contribution is 2.17. The number of H-pyrrole nitrogens is 2. The van der Waals surface area contributed by atoms with Crippen molar-refractivity contribution in [2.45, 2.75) is 0 Å². The average molecular weight is 233 g/mol. The van der Waals surface area contributed by atoms with Gasteiger partial charge in [0, 0.05) is 5.56 Å². The van der Waals surface area contributed by atoms with E-state index in [1.54, 1.807) is 12.1 Å². The summed E-state index contributed by atoms with van der Waals surface area (Å²) in [7, 11) is 0. The molecule has 0 spiro atoms. The lowest BCUT2D eigenvalue weighted by Gasteiger charge is -2.03. The summed E-state index contributed by atoms with van der Waals surface area (Å²) in [5, 5.41) is 14.5. The zero-order valence-electron chi connectivity index (χ0n) is 8.43. The lowest BCUT2D eigenvalue weighted by atomic mass is 10.1. The number of benzene rings is 1. The summed E-state index contributed by atoms with van der Waals surface area (Å²) in [5.41, 5.74) is -1.55. The zero-order chi connectivity index (χ0) is 12.4. The Balaban J connectivity index is 2.68. The van der Waals surface area contributed by atoms with E-state index in [4.69, 9.17) is 5.11 Å². The number of aromatic nitrogens is 3. The molecule has 17 heavy (non-hydrogen) atoms. The molecular weight excluding hydrogens is 226 g/mol. The third kappa shape index (κ3) is 1.98. The summed E-state index contributed by atoms with van der Waals surface area (Å²) in [6, 6.07) is 6.02. The molecule has 1 aromatic carbocycles. The fourth-order valence-electron chi connectivity index (χ4n) is 1.35. The standard InChI is InChI=1S/C10H7N3O4/c14-8-9(15)13-12-7(11-8)5-3-1-2-4-6(5)10(16)17/h1-4H,(H,13,15)(H,16,17)(H,11,12,14). The lowest BCUT2D eigenvalue weighted by molar-refractivity contribution is 0.0697. The molecule has 0 atom stereocenters. The van der Waals surface area contributed by atoms with Crippen molar-refractivity contribution in [3.63, 3.8) is 0 Å². The van der Waals surface area contributed by atoms with E-state index in [2.05, 4.69) is 10.1 Å². The van der Waals surface area contributed by atoms with Gasteiger partial charge in [-0.25, -0.2) is 9.89 Å². The van der Waals surface area contributed by atoms with Crippen molar-refractivity contribution in [1.82, 2.24) is 15.2 Å². The summed E-state index contributed by atoms with van der Waals surface area (Å²) in [6.45, 7) is 0. The van der Waals surface area contributed by atoms with Crippen LogP contribution in [0.25, 0.3) is 11.4 Å². The minimum Gasteiger partial charge on any atom is -0.478 e. The highest BCUT2D eigenvalue weighted by molar-refractivity contribution is 5.94. The first kappa shape index (κ1) is 10.8. The van der Waals surface area contributed by atoms with Crippen LogP contribution in [0.2, 0.25) is 0 Å². The number of rotatable bonds is 2. The fraction of sp³-hybridized carbons (Fsp3) is 0. The van der Waals surface area contributed by atoms with Crippen LogP contribution in [-0.2, 0) is 0 Å². The number of carbonyl (C=O) groups is 1. The molecule has 2 aromatic rings. The van der Waals surface area contributed by atoms with Crippen molar-refractivity contribution >= 4 is 5.97 Å². The van der Waals surface area contributed by atoms with Gasteiger partial charge in [0.1, 0.15) is 0 Å². The topological polar surface area (TPSA) is 116 Å². The number of nitrogens with zero attached hydrogens (tertiary/aromatic N) is 1. The molecule has 0 saturated heterocycles. The Morgan fingerprint density at radius 2 is 1.88 bits per heavy atom. The molecular formula is C10H7N3O4. The first-order valence-corrected chi connectivity index (χ1v) is 4.61. The molecule has 0 radical (unpaired) electrons. The second kappa shape index (κ2) is 4.05. The van der Waals surface area contributed by atoms with Crippen molar-refractivity contribution in [2.75, 3.05) is 0 Å². The Kier molecular flexibility index (Phi) is 2.57. The number of carboxylic acids is 1. The first-order chi connectivity index (χ1) is 8.09. The van der Waals surface area contributed by atoms with Crippen LogP contribution >= 0.6 is 0 Å². The molecule has 1 aromatic heterocycles. The van der Waals surface area contributed by atoms with Gasteiger partial charge in [-0.05, 0) is 6.07 Å². The molecule has 7 heteroatoms. The highest BCUT2D eigenvalue weighted by Gasteiger charge is 2.12. The lowest BCUT2D eigenvalue weighted by Crippen LogP contribution is -2.31. The van der Waals surface area contributed by atoms with Crippen LogP contribution in [0.4, 0.5) is 0 Å². The second-order valence-electron chi connectivity index (χ2n) is 3.21. The number of aromatic amines is 2. The number of hydrogen-bond donors (Lipinski definition) is 3. The molecule has 7 nitrogen and oxygen atoms in total. The Bertz CT molecular complexity index is 686. The third-order valence-electron chi connectivity index (χ3n) is 2.12. The predicted molar refractivity (Wildman–Crippen MR) is 57.9 cm³/mol. The van der Waals surface area contributed by atoms with Gasteiger partial charge in [0.15, 0.2) is 5.82 Å². The SMILES string of the molecule is O=C(O)c1ccccc1-c1n[nH]c(=O)c(=O)[nH]1. The van der Waals surface area contributed by atoms with E-state index in [0.29, 0.717) is 0 Å². The van der Waals surface area contributed by atoms with Crippen LogP contribution in [0, 0.1) is 0 Å². The van der Waals surface area contributed by atoms with Crippen LogP contribution in [0.1, 0.15) is 10.4 Å². The smallest absolute Gasteiger partial charge is 0.336 e. The predicted octanol–water partition coefficient (Wildman–Crippen LogP) is -0.177. The third-order valence-corrected chi connectivity index (χ3v) is 2.12. The van der Waals surface area contributed by atoms with E-state index in [0.717, 1.165) is 0 Å². The minimum absolute atomic E-state index is 0.00704. The number of nitrogens with one attached hydrogen (secondary N) is 2. The summed E-state index contributed by atoms with van der Waals surface area (Å²) in [6.07, 6.45) is 0. The van der Waals surface area contributed by atoms with E-state index in [9.17, 15) is 14.4 Å². The van der Waals surface area contributed by atoms with E-state index >= 15 is 0 Å². The van der Waals surface area contributed by atoms with Gasteiger partial charge in [-0.2, -0.15) is 5.10 Å². The largest absolute Gasteiger partial charge is 0.478 e. The van der Waals surface area contributed by atoms with Gasteiger partial charge in [0.05, 0.1) is 5.56 Å². The zero-order valence-corrected chi connectivity index (χ0v) is 8.43. The van der Waals surface area contributed by atoms with Crippen molar-refractivity contribution in [3.05, 3.63) is 50.5 Å². The summed E-state index contributed by atoms with van der Waals surface area (Å²) in [4.78, 5) is 35.1. The Hall–Kier alpha value is -2.70.